The van der Waals surface area contributed by atoms with Crippen molar-refractivity contribution >= 4 is 5.97 Å². The molecule has 25 nitrogen and oxygen atoms in total. The van der Waals surface area contributed by atoms with Crippen LogP contribution < -0.4 is 0 Å². The molecule has 3 saturated heterocycles. The van der Waals surface area contributed by atoms with Crippen molar-refractivity contribution in [3.8, 4) is 0 Å². The predicted molar refractivity (Wildman–Crippen MR) is 146 cm³/mol. The standard InChI is InChI=1S/C24H42O22.Fe.3H2O/c25-1-5(29)18(11(32)14(35)21(39)40)44-23-16(37)12(33)20(7(3-27)42-23)46-24-17(38)13(34)19(8(4-28)43-24)45-22-15(36)10(31)9(30)6(2-26)41-22;;;;/h5-20,22-38H,1-4H2,(H,39,40);;3*1H2/p-1/t5-,6-,7-,8-,9-,10+,11+,12-,13-,14+,15-,16-,17-,18+,19-,20-,22-,23-,24-;;;;/m1..../s1. The summed E-state index contributed by atoms with van der Waals surface area (Å²) in [5, 5.41) is 150. The zero-order chi connectivity index (χ0) is 34.6. The van der Waals surface area contributed by atoms with Gasteiger partial charge in [-0.05, 0) is 0 Å². The van der Waals surface area contributed by atoms with E-state index >= 15 is 0 Å². The average molecular weight is 791 g/mol. The molecule has 0 aromatic rings. The number of aliphatic carboxylic acids is 1. The Hall–Kier alpha value is -0.931. The summed E-state index contributed by atoms with van der Waals surface area (Å²) in [6.45, 7) is -3.86. The van der Waals surface area contributed by atoms with E-state index in [9.17, 15) is 76.3 Å². The molecule has 0 radical (unpaired) electrons. The van der Waals surface area contributed by atoms with Crippen LogP contribution in [-0.4, -0.2) is 242 Å². The second-order valence-corrected chi connectivity index (χ2v) is 10.9. The molecule has 0 spiro atoms. The summed E-state index contributed by atoms with van der Waals surface area (Å²) >= 11 is 0. The van der Waals surface area contributed by atoms with Gasteiger partial charge in [0, 0.05) is 17.1 Å². The van der Waals surface area contributed by atoms with Gasteiger partial charge in [-0.3, -0.25) is 0 Å². The minimum atomic E-state index is -2.54. The van der Waals surface area contributed by atoms with E-state index < -0.39 is 149 Å². The van der Waals surface area contributed by atoms with Gasteiger partial charge >= 0.3 is 5.97 Å². The van der Waals surface area contributed by atoms with Crippen molar-refractivity contribution in [1.29, 1.82) is 0 Å². The molecule has 0 aromatic carbocycles. The van der Waals surface area contributed by atoms with Crippen LogP contribution in [0.1, 0.15) is 0 Å². The third kappa shape index (κ3) is 11.1. The first kappa shape index (κ1) is 51.2. The van der Waals surface area contributed by atoms with E-state index in [1.54, 1.807) is 0 Å². The van der Waals surface area contributed by atoms with Crippen LogP contribution in [0, 0.1) is 0 Å². The molecule has 3 aliphatic rings. The molecule has 0 saturated carbocycles. The molecular weight excluding hydrogens is 744 g/mol. The predicted octanol–water partition coefficient (Wildman–Crippen LogP) is -11.8. The summed E-state index contributed by atoms with van der Waals surface area (Å²) in [7, 11) is 0. The van der Waals surface area contributed by atoms with Crippen LogP contribution in [0.2, 0.25) is 0 Å². The van der Waals surface area contributed by atoms with Crippen molar-refractivity contribution in [2.75, 3.05) is 26.4 Å². The topological polar surface area (TPSA) is 469 Å². The molecule has 3 fully saturated rings. The second kappa shape index (κ2) is 22.3. The van der Waals surface area contributed by atoms with Gasteiger partial charge in [0.1, 0.15) is 91.6 Å². The van der Waals surface area contributed by atoms with E-state index in [-0.39, 0.29) is 33.5 Å². The van der Waals surface area contributed by atoms with Gasteiger partial charge in [0.05, 0.1) is 26.4 Å². The molecule has 19 atom stereocenters. The Labute approximate surface area is 292 Å². The van der Waals surface area contributed by atoms with E-state index in [4.69, 9.17) is 33.5 Å². The first-order valence-electron chi connectivity index (χ1n) is 14.0. The van der Waals surface area contributed by atoms with Crippen molar-refractivity contribution in [2.24, 2.45) is 0 Å². The van der Waals surface area contributed by atoms with Crippen LogP contribution in [0.3, 0.4) is 0 Å². The fourth-order valence-corrected chi connectivity index (χ4v) is 5.14. The minimum absolute atomic E-state index is 0. The number of hydrogen-bond donors (Lipinski definition) is 15. The molecule has 3 rings (SSSR count). The van der Waals surface area contributed by atoms with Gasteiger partial charge < -0.3 is 121 Å². The van der Waals surface area contributed by atoms with Crippen molar-refractivity contribution in [2.45, 2.75) is 117 Å². The Morgan fingerprint density at radius 2 is 0.980 bits per heavy atom. The Kier molecular flexibility index (Phi) is 22.8. The van der Waals surface area contributed by atoms with Crippen molar-refractivity contribution < 1.29 is 143 Å². The van der Waals surface area contributed by atoms with E-state index in [0.29, 0.717) is 0 Å². The maximum absolute atomic E-state index is 11.1. The summed E-state index contributed by atoms with van der Waals surface area (Å²) in [5.41, 5.74) is 0. The second-order valence-electron chi connectivity index (χ2n) is 10.9. The summed E-state index contributed by atoms with van der Waals surface area (Å²) in [6.07, 6.45) is -36.9. The summed E-state index contributed by atoms with van der Waals surface area (Å²) in [6, 6.07) is 0. The summed E-state index contributed by atoms with van der Waals surface area (Å²) < 4.78 is 32.2. The average Bonchev–Trinajstić information content (AvgIpc) is 3.04. The number of carboxylic acids is 1. The van der Waals surface area contributed by atoms with E-state index in [2.05, 4.69) is 0 Å². The molecule has 0 aliphatic carbocycles. The minimum Gasteiger partial charge on any atom is -0.870 e. The molecule has 26 heteroatoms. The fourth-order valence-electron chi connectivity index (χ4n) is 5.14. The molecule has 3 aliphatic heterocycles. The Bertz CT molecular complexity index is 950. The molecule has 20 N–H and O–H groups in total. The smallest absolute Gasteiger partial charge is 0.335 e. The van der Waals surface area contributed by atoms with E-state index in [1.165, 1.54) is 0 Å². The zero-order valence-electron chi connectivity index (χ0n) is 25.7. The normalized spacial score (nSPS) is 41.1. The molecule has 0 bridgehead atoms. The van der Waals surface area contributed by atoms with E-state index in [0.717, 1.165) is 0 Å². The fraction of sp³-hybridized carbons (Fsp3) is 0.958. The number of rotatable bonds is 14. The molecular formula is C24H47FeO25-. The van der Waals surface area contributed by atoms with Gasteiger partial charge in [0.15, 0.2) is 25.0 Å². The quantitative estimate of drug-likeness (QED) is 0.0726. The first-order valence-corrected chi connectivity index (χ1v) is 14.0. The van der Waals surface area contributed by atoms with E-state index in [1.807, 2.05) is 0 Å². The third-order valence-electron chi connectivity index (χ3n) is 7.84. The number of ether oxygens (including phenoxy) is 6. The molecule has 0 aromatic heterocycles. The van der Waals surface area contributed by atoms with Gasteiger partial charge in [-0.25, -0.2) is 4.79 Å². The number of carboxylic acid groups (broad SMARTS) is 1. The van der Waals surface area contributed by atoms with Crippen LogP contribution >= 0.6 is 0 Å². The summed E-state index contributed by atoms with van der Waals surface area (Å²) in [4.78, 5) is 11.1. The van der Waals surface area contributed by atoms with Crippen LogP contribution in [0.25, 0.3) is 0 Å². The molecule has 3 heterocycles. The van der Waals surface area contributed by atoms with Crippen molar-refractivity contribution in [3.63, 3.8) is 0 Å². The number of aliphatic hydroxyl groups is 14. The van der Waals surface area contributed by atoms with Crippen molar-refractivity contribution in [3.05, 3.63) is 0 Å². The van der Waals surface area contributed by atoms with Crippen LogP contribution in [0.15, 0.2) is 0 Å². The van der Waals surface area contributed by atoms with Crippen LogP contribution in [-0.2, 0) is 50.3 Å². The zero-order valence-corrected chi connectivity index (χ0v) is 26.8. The third-order valence-corrected chi connectivity index (χ3v) is 7.84. The van der Waals surface area contributed by atoms with Crippen LogP contribution in [0.4, 0.5) is 0 Å². The SMILES string of the molecule is O.O.O=C(O)[C@@H](O)[C@H](O)[C@@H](O[C@H]1O[C@H](CO)[C@@H](O[C@H]2O[C@H](CO)[C@@H](O[C@H]3O[C@H](CO)[C@@H](O)[C@H](O)[C@H]3O)[C@H](O)[C@H]2O)[C@H](O)[C@H]1O)[C@H](O)CO.[Fe].[OH-]. The maximum Gasteiger partial charge on any atom is 0.335 e. The number of hydrogen-bond acceptors (Lipinski definition) is 22. The first-order chi connectivity index (χ1) is 21.6. The Balaban J connectivity index is 0. The molecule has 302 valence electrons. The van der Waals surface area contributed by atoms with Crippen molar-refractivity contribution in [1.82, 2.24) is 0 Å². The van der Waals surface area contributed by atoms with Crippen LogP contribution in [0.5, 0.6) is 0 Å². The largest absolute Gasteiger partial charge is 0.870 e. The number of carbonyl (C=O) groups is 1. The van der Waals surface area contributed by atoms with Gasteiger partial charge in [0.25, 0.3) is 0 Å². The Morgan fingerprint density at radius 1 is 0.600 bits per heavy atom. The molecule has 0 amide bonds. The molecule has 50 heavy (non-hydrogen) atoms. The summed E-state index contributed by atoms with van der Waals surface area (Å²) in [5.74, 6) is -1.94. The maximum atomic E-state index is 11.1. The monoisotopic (exact) mass is 791 g/mol. The van der Waals surface area contributed by atoms with Gasteiger partial charge in [-0.2, -0.15) is 0 Å². The number of aliphatic hydroxyl groups excluding tert-OH is 14. The van der Waals surface area contributed by atoms with Gasteiger partial charge in [-0.15, -0.1) is 0 Å². The molecule has 0 unspecified atom stereocenters. The van der Waals surface area contributed by atoms with Gasteiger partial charge in [-0.1, -0.05) is 0 Å². The Morgan fingerprint density at radius 3 is 1.38 bits per heavy atom. The van der Waals surface area contributed by atoms with Gasteiger partial charge in [0.2, 0.25) is 0 Å².